The van der Waals surface area contributed by atoms with Crippen molar-refractivity contribution in [3.63, 3.8) is 0 Å². The van der Waals surface area contributed by atoms with Gasteiger partial charge in [0.1, 0.15) is 5.82 Å². The van der Waals surface area contributed by atoms with Crippen LogP contribution in [-0.2, 0) is 9.53 Å². The molecule has 3 nitrogen and oxygen atoms in total. The van der Waals surface area contributed by atoms with Gasteiger partial charge < -0.3 is 9.47 Å². The van der Waals surface area contributed by atoms with Gasteiger partial charge >= 0.3 is 5.97 Å². The summed E-state index contributed by atoms with van der Waals surface area (Å²) < 4.78 is 37.9. The molecule has 0 amide bonds. The van der Waals surface area contributed by atoms with Crippen LogP contribution >= 0.6 is 0 Å². The molecule has 0 spiro atoms. The molecule has 0 saturated heterocycles. The van der Waals surface area contributed by atoms with Gasteiger partial charge in [0, 0.05) is 5.92 Å². The average Bonchev–Trinajstić information content (AvgIpc) is 2.48. The number of ether oxygens (including phenoxy) is 2. The summed E-state index contributed by atoms with van der Waals surface area (Å²) in [5.41, 5.74) is 0.805. The number of benzene rings is 1. The molecule has 1 aromatic carbocycles. The lowest BCUT2D eigenvalue weighted by Crippen LogP contribution is -2.35. The van der Waals surface area contributed by atoms with Gasteiger partial charge in [-0.05, 0) is 30.5 Å². The molecule has 1 aromatic rings. The van der Waals surface area contributed by atoms with Crippen LogP contribution < -0.4 is 4.74 Å². The van der Waals surface area contributed by atoms with Crippen LogP contribution in [-0.4, -0.2) is 19.7 Å². The Morgan fingerprint density at radius 3 is 2.85 bits per heavy atom. The van der Waals surface area contributed by atoms with Gasteiger partial charge in [0.2, 0.25) is 0 Å². The molecule has 1 heterocycles. The zero-order valence-corrected chi connectivity index (χ0v) is 11.0. The van der Waals surface area contributed by atoms with Crippen LogP contribution in [0.15, 0.2) is 18.2 Å². The largest absolute Gasteiger partial charge is 0.489 e. The van der Waals surface area contributed by atoms with E-state index < -0.39 is 11.6 Å². The van der Waals surface area contributed by atoms with Crippen LogP contribution in [0.3, 0.4) is 0 Å². The van der Waals surface area contributed by atoms with E-state index in [4.69, 9.17) is 9.47 Å². The van der Waals surface area contributed by atoms with Crippen molar-refractivity contribution in [2.75, 3.05) is 13.7 Å². The third kappa shape index (κ3) is 1.88. The number of hydrogen-bond acceptors (Lipinski definition) is 3. The lowest BCUT2D eigenvalue weighted by atomic mass is 9.75. The molecule has 5 heteroatoms. The van der Waals surface area contributed by atoms with E-state index in [9.17, 15) is 13.6 Å². The number of allylic oxidation sites excluding steroid dienone is 1. The monoisotopic (exact) mass is 280 g/mol. The predicted octanol–water partition coefficient (Wildman–Crippen LogP) is 2.94. The number of halogens is 2. The van der Waals surface area contributed by atoms with Crippen molar-refractivity contribution in [1.29, 1.82) is 0 Å². The first-order chi connectivity index (χ1) is 9.63. The first kappa shape index (κ1) is 13.1. The van der Waals surface area contributed by atoms with Gasteiger partial charge in [-0.25, -0.2) is 8.78 Å². The molecule has 0 saturated carbocycles. The lowest BCUT2D eigenvalue weighted by molar-refractivity contribution is -0.147. The summed E-state index contributed by atoms with van der Waals surface area (Å²) in [4.78, 5) is 11.8. The van der Waals surface area contributed by atoms with Crippen LogP contribution in [0, 0.1) is 23.5 Å². The lowest BCUT2D eigenvalue weighted by Gasteiger charge is -2.35. The minimum atomic E-state index is -0.582. The molecule has 2 aliphatic rings. The summed E-state index contributed by atoms with van der Waals surface area (Å²) in [7, 11) is 1.33. The van der Waals surface area contributed by atoms with Crippen molar-refractivity contribution < 1.29 is 23.0 Å². The zero-order valence-electron chi connectivity index (χ0n) is 11.0. The van der Waals surface area contributed by atoms with Crippen molar-refractivity contribution in [3.8, 4) is 5.75 Å². The minimum Gasteiger partial charge on any atom is -0.489 e. The van der Waals surface area contributed by atoms with E-state index in [-0.39, 0.29) is 35.7 Å². The number of rotatable bonds is 1. The second-order valence-electron chi connectivity index (χ2n) is 5.02. The van der Waals surface area contributed by atoms with Crippen LogP contribution in [0.1, 0.15) is 18.4 Å². The summed E-state index contributed by atoms with van der Waals surface area (Å²) in [5.74, 6) is -2.14. The van der Waals surface area contributed by atoms with Crippen molar-refractivity contribution in [2.24, 2.45) is 11.8 Å². The van der Waals surface area contributed by atoms with Gasteiger partial charge in [-0.3, -0.25) is 4.79 Å². The maximum Gasteiger partial charge on any atom is 0.309 e. The fourth-order valence-electron chi connectivity index (χ4n) is 3.03. The fraction of sp³-hybridized carbons (Fsp3) is 0.400. The SMILES string of the molecule is COC(=O)[C@@H]1CCC=C2c3c(F)ccc(F)c3OC[C@H]21. The predicted molar refractivity (Wildman–Crippen MR) is 68.1 cm³/mol. The molecule has 106 valence electrons. The van der Waals surface area contributed by atoms with Crippen molar-refractivity contribution in [2.45, 2.75) is 12.8 Å². The van der Waals surface area contributed by atoms with Crippen LogP contribution in [0.25, 0.3) is 5.57 Å². The normalized spacial score (nSPS) is 24.1. The molecule has 0 unspecified atom stereocenters. The zero-order chi connectivity index (χ0) is 14.3. The summed E-state index contributed by atoms with van der Waals surface area (Å²) in [6, 6.07) is 2.14. The van der Waals surface area contributed by atoms with Gasteiger partial charge in [-0.15, -0.1) is 0 Å². The molecule has 0 bridgehead atoms. The maximum atomic E-state index is 14.0. The fourth-order valence-corrected chi connectivity index (χ4v) is 3.03. The van der Waals surface area contributed by atoms with E-state index in [1.54, 1.807) is 0 Å². The van der Waals surface area contributed by atoms with Crippen molar-refractivity contribution in [3.05, 3.63) is 35.4 Å². The Bertz CT molecular complexity index is 595. The van der Waals surface area contributed by atoms with Crippen LogP contribution in [0.2, 0.25) is 0 Å². The molecule has 1 aliphatic heterocycles. The first-order valence-electron chi connectivity index (χ1n) is 6.52. The summed E-state index contributed by atoms with van der Waals surface area (Å²) in [6.07, 6.45) is 3.14. The third-order valence-electron chi connectivity index (χ3n) is 3.99. The number of fused-ring (bicyclic) bond motifs is 3. The van der Waals surface area contributed by atoms with E-state index in [0.717, 1.165) is 12.1 Å². The molecular weight excluding hydrogens is 266 g/mol. The first-order valence-corrected chi connectivity index (χ1v) is 6.52. The third-order valence-corrected chi connectivity index (χ3v) is 3.99. The molecule has 0 aromatic heterocycles. The quantitative estimate of drug-likeness (QED) is 0.742. The Morgan fingerprint density at radius 2 is 2.10 bits per heavy atom. The standard InChI is InChI=1S/C15H14F2O3/c1-19-15(18)9-4-2-3-8-10(9)7-20-14-12(17)6-5-11(16)13(8)14/h3,5-6,9-10H,2,4,7H2,1H3/t9-,10-/m1/s1. The highest BCUT2D eigenvalue weighted by atomic mass is 19.1. The van der Waals surface area contributed by atoms with E-state index in [1.807, 2.05) is 6.08 Å². The maximum absolute atomic E-state index is 14.0. The van der Waals surface area contributed by atoms with E-state index in [2.05, 4.69) is 0 Å². The van der Waals surface area contributed by atoms with E-state index in [1.165, 1.54) is 7.11 Å². The topological polar surface area (TPSA) is 35.5 Å². The molecule has 20 heavy (non-hydrogen) atoms. The minimum absolute atomic E-state index is 0.0574. The van der Waals surface area contributed by atoms with Gasteiger partial charge in [-0.1, -0.05) is 6.08 Å². The van der Waals surface area contributed by atoms with Gasteiger partial charge in [0.25, 0.3) is 0 Å². The van der Waals surface area contributed by atoms with Gasteiger partial charge in [-0.2, -0.15) is 0 Å². The van der Waals surface area contributed by atoms with Crippen molar-refractivity contribution in [1.82, 2.24) is 0 Å². The molecule has 2 atom stereocenters. The van der Waals surface area contributed by atoms with E-state index in [0.29, 0.717) is 18.4 Å². The number of methoxy groups -OCH3 is 1. The number of carbonyl (C=O) groups excluding carboxylic acids is 1. The smallest absolute Gasteiger partial charge is 0.309 e. The van der Waals surface area contributed by atoms with Crippen LogP contribution in [0.5, 0.6) is 5.75 Å². The van der Waals surface area contributed by atoms with E-state index >= 15 is 0 Å². The number of esters is 1. The second kappa shape index (κ2) is 4.89. The Hall–Kier alpha value is -1.91. The number of carbonyl (C=O) groups is 1. The molecule has 0 fully saturated rings. The molecule has 0 N–H and O–H groups in total. The molecule has 3 rings (SSSR count). The average molecular weight is 280 g/mol. The van der Waals surface area contributed by atoms with Crippen LogP contribution in [0.4, 0.5) is 8.78 Å². The highest BCUT2D eigenvalue weighted by Gasteiger charge is 2.40. The summed E-state index contributed by atoms with van der Waals surface area (Å²) in [6.45, 7) is 0.166. The Kier molecular flexibility index (Phi) is 3.20. The molecule has 1 aliphatic carbocycles. The summed E-state index contributed by atoms with van der Waals surface area (Å²) >= 11 is 0. The summed E-state index contributed by atoms with van der Waals surface area (Å²) in [5, 5.41) is 0. The highest BCUT2D eigenvalue weighted by Crippen LogP contribution is 2.46. The Balaban J connectivity index is 2.08. The van der Waals surface area contributed by atoms with Gasteiger partial charge in [0.15, 0.2) is 11.6 Å². The van der Waals surface area contributed by atoms with Gasteiger partial charge in [0.05, 0.1) is 25.2 Å². The molecule has 0 radical (unpaired) electrons. The highest BCUT2D eigenvalue weighted by molar-refractivity contribution is 5.82. The van der Waals surface area contributed by atoms with Crippen molar-refractivity contribution >= 4 is 11.5 Å². The number of hydrogen-bond donors (Lipinski definition) is 0. The molecular formula is C15H14F2O3. The second-order valence-corrected chi connectivity index (χ2v) is 5.02. The Morgan fingerprint density at radius 1 is 1.35 bits per heavy atom. The Labute approximate surface area is 115 Å².